The number of phenols is 2. The van der Waals surface area contributed by atoms with Gasteiger partial charge < -0.3 is 20.4 Å². The molecule has 2 heterocycles. The van der Waals surface area contributed by atoms with Gasteiger partial charge in [0, 0.05) is 29.5 Å². The Balaban J connectivity index is 0.000000319. The monoisotopic (exact) mass is 390 g/mol. The number of phenolic OH excluding ortho intramolecular Hbond substituents is 2. The number of para-hydroxylation sites is 1. The highest BCUT2D eigenvalue weighted by molar-refractivity contribution is 5.82. The molecule has 0 radical (unpaired) electrons. The molecule has 1 aromatic heterocycles. The van der Waals surface area contributed by atoms with Crippen molar-refractivity contribution in [2.75, 3.05) is 6.54 Å². The number of nitrogens with one attached hydrogen (secondary N) is 1. The summed E-state index contributed by atoms with van der Waals surface area (Å²) in [6.07, 6.45) is 4.04. The number of aromatic hydroxyl groups is 2. The van der Waals surface area contributed by atoms with Gasteiger partial charge >= 0.3 is 0 Å². The molecule has 1 fully saturated rings. The minimum absolute atomic E-state index is 0.0572. The van der Waals surface area contributed by atoms with Gasteiger partial charge in [-0.15, -0.1) is 0 Å². The first-order valence-corrected chi connectivity index (χ1v) is 10.2. The molecular weight excluding hydrogens is 364 g/mol. The first-order chi connectivity index (χ1) is 14.0. The standard InChI is InChI=1S/C20H17NO3.C4H9N/c1-11-8-12-6-7-15(22)19(23)18(12)20(11)9-17-14(10-21-20)13-4-2-3-5-16(13)24-17;5-3-4-1-2-4/h2-7,21-23H,1,8-10H2;4H,1-3,5H2. The zero-order chi connectivity index (χ0) is 20.2. The van der Waals surface area contributed by atoms with Crippen molar-refractivity contribution < 1.29 is 14.6 Å². The van der Waals surface area contributed by atoms with Crippen LogP contribution in [-0.2, 0) is 24.9 Å². The minimum atomic E-state index is -0.584. The molecule has 5 heteroatoms. The van der Waals surface area contributed by atoms with E-state index >= 15 is 0 Å². The summed E-state index contributed by atoms with van der Waals surface area (Å²) in [7, 11) is 0. The van der Waals surface area contributed by atoms with Crippen molar-refractivity contribution in [2.24, 2.45) is 11.7 Å². The van der Waals surface area contributed by atoms with Crippen molar-refractivity contribution in [1.82, 2.24) is 5.32 Å². The number of furan rings is 1. The third kappa shape index (κ3) is 2.84. The average Bonchev–Trinajstić information content (AvgIpc) is 3.45. The van der Waals surface area contributed by atoms with E-state index < -0.39 is 5.54 Å². The molecule has 5 N–H and O–H groups in total. The second-order valence-electron chi connectivity index (χ2n) is 8.36. The Labute approximate surface area is 169 Å². The van der Waals surface area contributed by atoms with Gasteiger partial charge in [-0.2, -0.15) is 0 Å². The topological polar surface area (TPSA) is 91.6 Å². The summed E-state index contributed by atoms with van der Waals surface area (Å²) in [5.74, 6) is 1.68. The van der Waals surface area contributed by atoms with Gasteiger partial charge in [-0.25, -0.2) is 0 Å². The third-order valence-corrected chi connectivity index (χ3v) is 6.48. The van der Waals surface area contributed by atoms with Crippen molar-refractivity contribution >= 4 is 11.0 Å². The summed E-state index contributed by atoms with van der Waals surface area (Å²) in [5.41, 5.74) is 9.42. The van der Waals surface area contributed by atoms with Crippen LogP contribution in [0.25, 0.3) is 11.0 Å². The molecule has 1 unspecified atom stereocenters. The lowest BCUT2D eigenvalue weighted by Crippen LogP contribution is -2.46. The summed E-state index contributed by atoms with van der Waals surface area (Å²) in [6.45, 7) is 5.80. The maximum absolute atomic E-state index is 10.5. The fraction of sp³-hybridized carbons (Fsp3) is 0.333. The van der Waals surface area contributed by atoms with Crippen molar-refractivity contribution in [3.8, 4) is 11.5 Å². The Kier molecular flexibility index (Phi) is 4.19. The predicted octanol–water partition coefficient (Wildman–Crippen LogP) is 3.85. The van der Waals surface area contributed by atoms with E-state index in [9.17, 15) is 10.2 Å². The fourth-order valence-corrected chi connectivity index (χ4v) is 4.61. The molecule has 0 amide bonds. The fourth-order valence-electron chi connectivity index (χ4n) is 4.61. The summed E-state index contributed by atoms with van der Waals surface area (Å²) in [5, 5.41) is 25.1. The van der Waals surface area contributed by atoms with E-state index in [-0.39, 0.29) is 11.5 Å². The van der Waals surface area contributed by atoms with Crippen LogP contribution in [0.5, 0.6) is 11.5 Å². The summed E-state index contributed by atoms with van der Waals surface area (Å²) in [4.78, 5) is 0. The molecule has 3 aliphatic rings. The Bertz CT molecular complexity index is 1110. The summed E-state index contributed by atoms with van der Waals surface area (Å²) < 4.78 is 6.09. The van der Waals surface area contributed by atoms with E-state index in [2.05, 4.69) is 18.0 Å². The van der Waals surface area contributed by atoms with Crippen LogP contribution >= 0.6 is 0 Å². The first-order valence-electron chi connectivity index (χ1n) is 10.2. The minimum Gasteiger partial charge on any atom is -0.504 e. The molecule has 1 saturated carbocycles. The van der Waals surface area contributed by atoms with Crippen LogP contribution in [0.2, 0.25) is 0 Å². The van der Waals surface area contributed by atoms with Crippen LogP contribution in [-0.4, -0.2) is 16.8 Å². The molecule has 150 valence electrons. The van der Waals surface area contributed by atoms with Gasteiger partial charge in [0.05, 0.1) is 5.54 Å². The Morgan fingerprint density at radius 2 is 1.97 bits per heavy atom. The Morgan fingerprint density at radius 3 is 2.69 bits per heavy atom. The van der Waals surface area contributed by atoms with Crippen molar-refractivity contribution in [3.63, 3.8) is 0 Å². The molecule has 1 aliphatic heterocycles. The average molecular weight is 390 g/mol. The predicted molar refractivity (Wildman–Crippen MR) is 113 cm³/mol. The first kappa shape index (κ1) is 18.3. The maximum atomic E-state index is 10.5. The van der Waals surface area contributed by atoms with E-state index in [1.807, 2.05) is 24.3 Å². The maximum Gasteiger partial charge on any atom is 0.163 e. The highest BCUT2D eigenvalue weighted by Crippen LogP contribution is 2.51. The van der Waals surface area contributed by atoms with Crippen LogP contribution in [0.1, 0.15) is 35.3 Å². The van der Waals surface area contributed by atoms with Gasteiger partial charge in [-0.1, -0.05) is 30.8 Å². The molecule has 6 rings (SSSR count). The van der Waals surface area contributed by atoms with E-state index in [1.165, 1.54) is 18.9 Å². The highest BCUT2D eigenvalue weighted by atomic mass is 16.3. The van der Waals surface area contributed by atoms with Gasteiger partial charge in [0.25, 0.3) is 0 Å². The van der Waals surface area contributed by atoms with Crippen LogP contribution in [0.3, 0.4) is 0 Å². The van der Waals surface area contributed by atoms with E-state index in [0.717, 1.165) is 51.5 Å². The van der Waals surface area contributed by atoms with Gasteiger partial charge in [0.2, 0.25) is 0 Å². The van der Waals surface area contributed by atoms with E-state index in [4.69, 9.17) is 10.2 Å². The lowest BCUT2D eigenvalue weighted by molar-refractivity contribution is 0.320. The van der Waals surface area contributed by atoms with E-state index in [0.29, 0.717) is 19.4 Å². The van der Waals surface area contributed by atoms with Crippen molar-refractivity contribution in [3.05, 3.63) is 71.0 Å². The molecule has 3 aromatic rings. The summed E-state index contributed by atoms with van der Waals surface area (Å²) >= 11 is 0. The van der Waals surface area contributed by atoms with Crippen molar-refractivity contribution in [2.45, 2.75) is 37.8 Å². The Morgan fingerprint density at radius 1 is 1.17 bits per heavy atom. The van der Waals surface area contributed by atoms with Crippen LogP contribution in [0, 0.1) is 5.92 Å². The van der Waals surface area contributed by atoms with Gasteiger partial charge in [0.1, 0.15) is 11.3 Å². The van der Waals surface area contributed by atoms with Crippen LogP contribution in [0.4, 0.5) is 0 Å². The quantitative estimate of drug-likeness (QED) is 0.374. The zero-order valence-corrected chi connectivity index (χ0v) is 16.4. The lowest BCUT2D eigenvalue weighted by Gasteiger charge is -2.36. The summed E-state index contributed by atoms with van der Waals surface area (Å²) in [6, 6.07) is 11.4. The molecular formula is C24H26N2O3. The molecule has 1 atom stereocenters. The SMILES string of the molecule is C=C1Cc2ccc(O)c(O)c2C12Cc1oc3ccccc3c1CN2.NCC1CC1. The van der Waals surface area contributed by atoms with Gasteiger partial charge in [-0.05, 0) is 55.0 Å². The lowest BCUT2D eigenvalue weighted by atomic mass is 9.80. The second-order valence-corrected chi connectivity index (χ2v) is 8.36. The largest absolute Gasteiger partial charge is 0.504 e. The van der Waals surface area contributed by atoms with Gasteiger partial charge in [-0.3, -0.25) is 5.32 Å². The third-order valence-electron chi connectivity index (χ3n) is 6.48. The Hall–Kier alpha value is -2.76. The van der Waals surface area contributed by atoms with Crippen LogP contribution in [0.15, 0.2) is 53.0 Å². The number of benzene rings is 2. The molecule has 0 saturated heterocycles. The zero-order valence-electron chi connectivity index (χ0n) is 16.4. The molecule has 2 aromatic carbocycles. The molecule has 1 spiro atoms. The second kappa shape index (κ2) is 6.65. The van der Waals surface area contributed by atoms with Gasteiger partial charge in [0.15, 0.2) is 11.5 Å². The number of fused-ring (bicyclic) bond motifs is 5. The number of nitrogens with two attached hydrogens (primary N) is 1. The highest BCUT2D eigenvalue weighted by Gasteiger charge is 2.47. The molecule has 2 aliphatic carbocycles. The number of rotatable bonds is 1. The molecule has 5 nitrogen and oxygen atoms in total. The van der Waals surface area contributed by atoms with E-state index in [1.54, 1.807) is 0 Å². The van der Waals surface area contributed by atoms with Crippen LogP contribution < -0.4 is 11.1 Å². The smallest absolute Gasteiger partial charge is 0.163 e. The normalized spacial score (nSPS) is 22.3. The molecule has 0 bridgehead atoms. The number of hydrogen-bond acceptors (Lipinski definition) is 5. The van der Waals surface area contributed by atoms with Crippen molar-refractivity contribution in [1.29, 1.82) is 0 Å². The molecule has 29 heavy (non-hydrogen) atoms. The number of hydrogen-bond donors (Lipinski definition) is 4.